The van der Waals surface area contributed by atoms with Crippen molar-refractivity contribution in [3.8, 4) is 0 Å². The lowest BCUT2D eigenvalue weighted by atomic mass is 10.0. The van der Waals surface area contributed by atoms with Crippen molar-refractivity contribution < 1.29 is 14.7 Å². The number of carboxylic acid groups (broad SMARTS) is 1. The average molecular weight is 205 g/mol. The maximum absolute atomic E-state index is 11.0. The Morgan fingerprint density at radius 1 is 1.20 bits per heavy atom. The molecule has 1 amide bonds. The van der Waals surface area contributed by atoms with Gasteiger partial charge in [0.1, 0.15) is 0 Å². The number of primary amides is 1. The van der Waals surface area contributed by atoms with Crippen LogP contribution in [0.25, 0.3) is 5.57 Å². The van der Waals surface area contributed by atoms with Gasteiger partial charge in [-0.1, -0.05) is 30.3 Å². The van der Waals surface area contributed by atoms with Crippen LogP contribution in [0.4, 0.5) is 0 Å². The van der Waals surface area contributed by atoms with Gasteiger partial charge in [-0.05, 0) is 12.5 Å². The average Bonchev–Trinajstić information content (AvgIpc) is 2.18. The van der Waals surface area contributed by atoms with Gasteiger partial charge in [0.2, 0.25) is 5.91 Å². The Morgan fingerprint density at radius 3 is 2.13 bits per heavy atom. The second-order valence-corrected chi connectivity index (χ2v) is 3.04. The zero-order chi connectivity index (χ0) is 11.4. The molecule has 1 aromatic rings. The van der Waals surface area contributed by atoms with E-state index in [0.29, 0.717) is 5.56 Å². The Balaban J connectivity index is 3.34. The van der Waals surface area contributed by atoms with E-state index in [1.165, 1.54) is 6.92 Å². The van der Waals surface area contributed by atoms with Crippen LogP contribution in [-0.2, 0) is 9.59 Å². The van der Waals surface area contributed by atoms with E-state index in [9.17, 15) is 9.59 Å². The number of carbonyl (C=O) groups is 2. The molecule has 78 valence electrons. The van der Waals surface area contributed by atoms with Crippen molar-refractivity contribution in [3.63, 3.8) is 0 Å². The van der Waals surface area contributed by atoms with Gasteiger partial charge in [-0.2, -0.15) is 0 Å². The summed E-state index contributed by atoms with van der Waals surface area (Å²) >= 11 is 0. The van der Waals surface area contributed by atoms with Gasteiger partial charge in [0.05, 0.1) is 5.57 Å². The second kappa shape index (κ2) is 4.41. The molecule has 0 heterocycles. The summed E-state index contributed by atoms with van der Waals surface area (Å²) in [6.45, 7) is 1.40. The summed E-state index contributed by atoms with van der Waals surface area (Å²) in [5.41, 5.74) is 5.52. The zero-order valence-electron chi connectivity index (χ0n) is 8.23. The number of nitrogens with two attached hydrogens (primary N) is 1. The molecule has 0 fully saturated rings. The normalized spacial score (nSPS) is 11.8. The van der Waals surface area contributed by atoms with E-state index < -0.39 is 11.9 Å². The Labute approximate surface area is 87.0 Å². The Hall–Kier alpha value is -2.10. The molecule has 1 aromatic carbocycles. The van der Waals surface area contributed by atoms with Gasteiger partial charge in [0, 0.05) is 5.57 Å². The highest BCUT2D eigenvalue weighted by atomic mass is 16.4. The molecular weight excluding hydrogens is 194 g/mol. The SMILES string of the molecule is CC(C(N)=O)=C(C(=O)O)c1ccccc1. The first-order chi connectivity index (χ1) is 7.04. The summed E-state index contributed by atoms with van der Waals surface area (Å²) in [5.74, 6) is -1.88. The highest BCUT2D eigenvalue weighted by Crippen LogP contribution is 2.18. The van der Waals surface area contributed by atoms with Gasteiger partial charge in [0.15, 0.2) is 0 Å². The standard InChI is InChI=1S/C11H11NO3/c1-7(10(12)13)9(11(14)15)8-5-3-2-4-6-8/h2-6H,1H3,(H2,12,13)(H,14,15). The number of hydrogen-bond donors (Lipinski definition) is 2. The van der Waals surface area contributed by atoms with E-state index in [1.54, 1.807) is 30.3 Å². The van der Waals surface area contributed by atoms with Gasteiger partial charge in [0.25, 0.3) is 0 Å². The highest BCUT2D eigenvalue weighted by Gasteiger charge is 2.16. The van der Waals surface area contributed by atoms with Crippen molar-refractivity contribution in [1.29, 1.82) is 0 Å². The van der Waals surface area contributed by atoms with Crippen LogP contribution in [0.5, 0.6) is 0 Å². The van der Waals surface area contributed by atoms with Crippen LogP contribution in [0.1, 0.15) is 12.5 Å². The van der Waals surface area contributed by atoms with Gasteiger partial charge < -0.3 is 10.8 Å². The molecule has 0 aliphatic carbocycles. The first kappa shape index (κ1) is 11.0. The smallest absolute Gasteiger partial charge is 0.336 e. The van der Waals surface area contributed by atoms with Gasteiger partial charge in [-0.15, -0.1) is 0 Å². The molecule has 4 heteroatoms. The van der Waals surface area contributed by atoms with Crippen molar-refractivity contribution in [3.05, 3.63) is 41.5 Å². The topological polar surface area (TPSA) is 80.4 Å². The number of carboxylic acids is 1. The predicted octanol–water partition coefficient (Wildman–Crippen LogP) is 1.03. The molecule has 0 radical (unpaired) electrons. The number of amides is 1. The van der Waals surface area contributed by atoms with Crippen LogP contribution in [0.15, 0.2) is 35.9 Å². The molecule has 0 aliphatic rings. The Bertz CT molecular complexity index is 421. The lowest BCUT2D eigenvalue weighted by Gasteiger charge is -2.05. The minimum atomic E-state index is -1.16. The minimum absolute atomic E-state index is 0.0497. The van der Waals surface area contributed by atoms with Crippen LogP contribution in [0.3, 0.4) is 0 Å². The molecule has 0 saturated carbocycles. The molecule has 0 atom stereocenters. The molecule has 1 rings (SSSR count). The van der Waals surface area contributed by atoms with Crippen molar-refractivity contribution in [1.82, 2.24) is 0 Å². The van der Waals surface area contributed by atoms with Crippen LogP contribution in [0.2, 0.25) is 0 Å². The first-order valence-corrected chi connectivity index (χ1v) is 4.33. The van der Waals surface area contributed by atoms with E-state index in [-0.39, 0.29) is 11.1 Å². The van der Waals surface area contributed by atoms with Crippen molar-refractivity contribution in [2.24, 2.45) is 5.73 Å². The first-order valence-electron chi connectivity index (χ1n) is 4.33. The Kier molecular flexibility index (Phi) is 3.23. The molecule has 0 saturated heterocycles. The third-order valence-corrected chi connectivity index (χ3v) is 2.02. The van der Waals surface area contributed by atoms with Crippen LogP contribution >= 0.6 is 0 Å². The second-order valence-electron chi connectivity index (χ2n) is 3.04. The quantitative estimate of drug-likeness (QED) is 0.723. The predicted molar refractivity (Wildman–Crippen MR) is 55.9 cm³/mol. The van der Waals surface area contributed by atoms with Crippen molar-refractivity contribution in [2.45, 2.75) is 6.92 Å². The molecule has 0 unspecified atom stereocenters. The number of aliphatic carboxylic acids is 1. The molecule has 15 heavy (non-hydrogen) atoms. The summed E-state index contributed by atoms with van der Waals surface area (Å²) in [7, 11) is 0. The highest BCUT2D eigenvalue weighted by molar-refractivity contribution is 6.22. The maximum Gasteiger partial charge on any atom is 0.336 e. The third kappa shape index (κ3) is 2.43. The third-order valence-electron chi connectivity index (χ3n) is 2.02. The summed E-state index contributed by atoms with van der Waals surface area (Å²) in [4.78, 5) is 21.9. The van der Waals surface area contributed by atoms with E-state index in [2.05, 4.69) is 0 Å². The van der Waals surface area contributed by atoms with E-state index in [1.807, 2.05) is 0 Å². The van der Waals surface area contributed by atoms with E-state index in [0.717, 1.165) is 0 Å². The molecule has 0 spiro atoms. The number of hydrogen-bond acceptors (Lipinski definition) is 2. The van der Waals surface area contributed by atoms with Gasteiger partial charge in [-0.3, -0.25) is 4.79 Å². The lowest BCUT2D eigenvalue weighted by molar-refractivity contribution is -0.130. The number of carbonyl (C=O) groups excluding carboxylic acids is 1. The molecule has 0 aliphatic heterocycles. The largest absolute Gasteiger partial charge is 0.478 e. The van der Waals surface area contributed by atoms with E-state index in [4.69, 9.17) is 10.8 Å². The summed E-state index contributed by atoms with van der Waals surface area (Å²) in [5, 5.41) is 8.98. The molecule has 0 bridgehead atoms. The number of rotatable bonds is 3. The molecule has 0 aromatic heterocycles. The van der Waals surface area contributed by atoms with Crippen LogP contribution in [0, 0.1) is 0 Å². The fourth-order valence-electron chi connectivity index (χ4n) is 1.23. The lowest BCUT2D eigenvalue weighted by Crippen LogP contribution is -2.16. The summed E-state index contributed by atoms with van der Waals surface area (Å²) in [6.07, 6.45) is 0. The molecule has 3 N–H and O–H groups in total. The monoisotopic (exact) mass is 205 g/mol. The summed E-state index contributed by atoms with van der Waals surface area (Å²) in [6, 6.07) is 8.41. The number of benzene rings is 1. The maximum atomic E-state index is 11.0. The Morgan fingerprint density at radius 2 is 1.73 bits per heavy atom. The van der Waals surface area contributed by atoms with Gasteiger partial charge in [-0.25, -0.2) is 4.79 Å². The van der Waals surface area contributed by atoms with Gasteiger partial charge >= 0.3 is 5.97 Å². The molecular formula is C11H11NO3. The van der Waals surface area contributed by atoms with E-state index >= 15 is 0 Å². The fourth-order valence-corrected chi connectivity index (χ4v) is 1.23. The van der Waals surface area contributed by atoms with Crippen LogP contribution in [-0.4, -0.2) is 17.0 Å². The van der Waals surface area contributed by atoms with Crippen molar-refractivity contribution >= 4 is 17.4 Å². The fraction of sp³-hybridized carbons (Fsp3) is 0.0909. The summed E-state index contributed by atoms with van der Waals surface area (Å²) < 4.78 is 0. The minimum Gasteiger partial charge on any atom is -0.478 e. The zero-order valence-corrected chi connectivity index (χ0v) is 8.23. The molecule has 4 nitrogen and oxygen atoms in total. The van der Waals surface area contributed by atoms with Crippen LogP contribution < -0.4 is 5.73 Å². The van der Waals surface area contributed by atoms with Crippen molar-refractivity contribution in [2.75, 3.05) is 0 Å².